The minimum atomic E-state index is 0. The van der Waals surface area contributed by atoms with Crippen molar-refractivity contribution in [2.75, 3.05) is 34.5 Å². The van der Waals surface area contributed by atoms with Gasteiger partial charge in [-0.3, -0.25) is 40.7 Å². The molecule has 3 aliphatic rings. The maximum absolute atomic E-state index is 7.75. The first-order valence-electron chi connectivity index (χ1n) is 12.2. The molecular formula is C32H53IMn2NaO15Ru2. The van der Waals surface area contributed by atoms with E-state index in [-0.39, 0.29) is 84.6 Å². The molecule has 1 aliphatic heterocycles. The summed E-state index contributed by atoms with van der Waals surface area (Å²) in [6.45, 7) is 53.2. The Balaban J connectivity index is -0.0000000130. The third-order valence-electron chi connectivity index (χ3n) is 4.93. The van der Waals surface area contributed by atoms with Crippen molar-refractivity contribution < 1.29 is 171 Å². The molecule has 1 heterocycles. The first-order valence-corrected chi connectivity index (χ1v) is 17.4. The van der Waals surface area contributed by atoms with Gasteiger partial charge in [0.05, 0.1) is 0 Å². The summed E-state index contributed by atoms with van der Waals surface area (Å²) in [4.78, 5) is 46.5. The first kappa shape index (κ1) is 124. The van der Waals surface area contributed by atoms with Gasteiger partial charge in [-0.05, 0) is 12.8 Å². The van der Waals surface area contributed by atoms with Crippen molar-refractivity contribution in [3.63, 3.8) is 0 Å². The third-order valence-corrected chi connectivity index (χ3v) is 4.93. The second kappa shape index (κ2) is 252. The molecule has 2 unspecified atom stereocenters. The van der Waals surface area contributed by atoms with Gasteiger partial charge in [0.25, 0.3) is 0 Å². The molecule has 21 heteroatoms. The number of hydrogen-bond donors (Lipinski definition) is 3. The van der Waals surface area contributed by atoms with Crippen molar-refractivity contribution in [1.82, 2.24) is 0 Å². The summed E-state index contributed by atoms with van der Waals surface area (Å²) in [5.41, 5.74) is 0. The van der Waals surface area contributed by atoms with Crippen LogP contribution >= 0.6 is 19.8 Å². The van der Waals surface area contributed by atoms with E-state index in [0.717, 1.165) is 46.4 Å². The Morgan fingerprint density at radius 1 is 0.566 bits per heavy atom. The number of aliphatic hydroxyl groups excluding tert-OH is 3. The molecule has 2 atom stereocenters. The molecule has 0 aromatic heterocycles. The minimum absolute atomic E-state index is 0. The fourth-order valence-corrected chi connectivity index (χ4v) is 2.87. The molecule has 15 nitrogen and oxygen atoms in total. The van der Waals surface area contributed by atoms with Gasteiger partial charge in [0, 0.05) is 51.6 Å². The Bertz CT molecular complexity index is 449. The van der Waals surface area contributed by atoms with Crippen LogP contribution in [0.25, 0.3) is 0 Å². The molecule has 0 bridgehead atoms. The number of halogens is 1. The Hall–Kier alpha value is 0.576. The average Bonchev–Trinajstić information content (AvgIpc) is 4.06. The van der Waals surface area contributed by atoms with E-state index in [9.17, 15) is 0 Å². The van der Waals surface area contributed by atoms with E-state index < -0.39 is 0 Å². The van der Waals surface area contributed by atoms with Crippen LogP contribution in [0.5, 0.6) is 0 Å². The predicted molar refractivity (Wildman–Crippen MR) is 184 cm³/mol. The van der Waals surface area contributed by atoms with Crippen LogP contribution in [0, 0.1) is 56.9 Å². The van der Waals surface area contributed by atoms with Crippen LogP contribution in [0.3, 0.4) is 0 Å². The van der Waals surface area contributed by atoms with Crippen LogP contribution in [0.1, 0.15) is 80.5 Å². The van der Waals surface area contributed by atoms with E-state index in [0.29, 0.717) is 0 Å². The number of ether oxygens (including phenoxy) is 1. The summed E-state index contributed by atoms with van der Waals surface area (Å²) < 4.78 is 42.4. The molecular weight excluding hydrogens is 1090 g/mol. The van der Waals surface area contributed by atoms with Crippen molar-refractivity contribution in [2.24, 2.45) is 11.8 Å². The van der Waals surface area contributed by atoms with E-state index in [1.165, 1.54) is 51.4 Å². The van der Waals surface area contributed by atoms with Crippen LogP contribution in [0.2, 0.25) is 0 Å². The molecule has 3 N–H and O–H groups in total. The summed E-state index contributed by atoms with van der Waals surface area (Å²) in [5, 5.41) is 21.0. The van der Waals surface area contributed by atoms with Gasteiger partial charge in [-0.25, -0.2) is 0 Å². The molecule has 0 aromatic carbocycles. The SMILES string of the molecule is C1CCOC1.CO.CO.CO.C[C-]1CCCC1C.C[C-]1CCCC1C.[C-]#[O+].[C-]#[O+].[C-]#[O+].[C-]#[O+].[C-]#[O+].[CH-]=O.[CH-]=O.[CH-]=O.[CH-]=O.[CH-]=O.[CH-]=O.[H-].[Mn+3].[Mn].[Na+].[Ru+2].[Ru+3][I]. The van der Waals surface area contributed by atoms with Crippen molar-refractivity contribution in [3.8, 4) is 0 Å². The molecule has 0 spiro atoms. The predicted octanol–water partition coefficient (Wildman–Crippen LogP) is 0.584. The molecule has 0 amide bonds. The van der Waals surface area contributed by atoms with E-state index >= 15 is 0 Å². The molecule has 53 heavy (non-hydrogen) atoms. The summed E-state index contributed by atoms with van der Waals surface area (Å²) in [6.07, 6.45) is 11.1. The molecule has 1 saturated heterocycles. The average molecular weight is 1140 g/mol. The molecule has 3 fully saturated rings. The molecule has 0 aromatic rings. The van der Waals surface area contributed by atoms with Gasteiger partial charge in [-0.1, -0.05) is 39.5 Å². The first-order chi connectivity index (χ1) is 24.1. The zero-order valence-electron chi connectivity index (χ0n) is 32.3. The van der Waals surface area contributed by atoms with Gasteiger partial charge in [0.15, 0.2) is 0 Å². The Morgan fingerprint density at radius 2 is 0.717 bits per heavy atom. The maximum atomic E-state index is 7.75. The second-order valence-corrected chi connectivity index (χ2v) is 6.60. The van der Waals surface area contributed by atoms with Gasteiger partial charge < -0.3 is 62.1 Å². The van der Waals surface area contributed by atoms with E-state index in [2.05, 4.69) is 136 Å². The number of rotatable bonds is 0. The normalized spacial score (nSPS) is 12.4. The molecule has 3 rings (SSSR count). The molecule has 1 radical (unpaired) electrons. The third kappa shape index (κ3) is 206. The summed E-state index contributed by atoms with van der Waals surface area (Å²) in [5.74, 6) is 5.28. The van der Waals surface area contributed by atoms with Gasteiger partial charge in [-0.2, -0.15) is 38.5 Å². The molecule has 2 aliphatic carbocycles. The standard InChI is InChI=1S/2C7H13.C4H8O.3CH4O.6CHO.5CO.HI.2Mn.Na.2Ru.H/c2*1-6-4-3-5-7(6)2;1-2-4-5-3-1;14*1-2;;;;;;;/h2*6H,3-5H2,1-2H3;1-4H2;3*2H,1H3;6*1H;;;;;;1H;;;;;;/q2*-1;;;;;6*-1;;;;;;;;+3;+1;+2;+4;-1/p-1. The zero-order valence-corrected chi connectivity index (χ0v) is 41.3. The number of carbonyl (C=O) groups excluding carboxylic acids is 6. The fraction of sp³-hybridized carbons (Fsp3) is 0.594. The van der Waals surface area contributed by atoms with Gasteiger partial charge in [-0.15, -0.1) is 0 Å². The van der Waals surface area contributed by atoms with E-state index in [4.69, 9.17) is 72.1 Å². The van der Waals surface area contributed by atoms with Crippen LogP contribution in [-0.4, -0.2) is 90.6 Å². The fourth-order valence-electron chi connectivity index (χ4n) is 2.87. The molecule has 309 valence electrons. The quantitative estimate of drug-likeness (QED) is 0.0999. The van der Waals surface area contributed by atoms with Crippen LogP contribution in [0.4, 0.5) is 0 Å². The Kier molecular flexibility index (Phi) is 588. The Labute approximate surface area is 398 Å². The van der Waals surface area contributed by atoms with E-state index in [1.807, 2.05) is 0 Å². The number of aliphatic hydroxyl groups is 3. The monoisotopic (exact) mass is 1140 g/mol. The van der Waals surface area contributed by atoms with Crippen molar-refractivity contribution >= 4 is 60.5 Å². The number of hydrogen-bond acceptors (Lipinski definition) is 10. The van der Waals surface area contributed by atoms with Crippen molar-refractivity contribution in [2.45, 2.75) is 79.1 Å². The molecule has 2 saturated carbocycles. The van der Waals surface area contributed by atoms with Gasteiger partial charge >= 0.3 is 157 Å². The van der Waals surface area contributed by atoms with Crippen molar-refractivity contribution in [3.05, 3.63) is 45.1 Å². The van der Waals surface area contributed by atoms with Gasteiger partial charge in [0.2, 0.25) is 0 Å². The van der Waals surface area contributed by atoms with Crippen LogP contribution < -0.4 is 29.6 Å². The second-order valence-electron chi connectivity index (χ2n) is 6.60. The topological polar surface area (TPSA) is 272 Å². The summed E-state index contributed by atoms with van der Waals surface area (Å²) in [6, 6.07) is 0. The summed E-state index contributed by atoms with van der Waals surface area (Å²) >= 11 is 4.40. The van der Waals surface area contributed by atoms with Crippen molar-refractivity contribution in [1.29, 1.82) is 0 Å². The Morgan fingerprint density at radius 3 is 0.755 bits per heavy atom. The van der Waals surface area contributed by atoms with Crippen LogP contribution in [-0.2, 0) is 125 Å². The zero-order chi connectivity index (χ0) is 44.1. The summed E-state index contributed by atoms with van der Waals surface area (Å²) in [7, 11) is 3.00. The van der Waals surface area contributed by atoms with Gasteiger partial charge in [0.1, 0.15) is 0 Å². The van der Waals surface area contributed by atoms with Crippen LogP contribution in [0.15, 0.2) is 0 Å². The van der Waals surface area contributed by atoms with E-state index in [1.54, 1.807) is 11.8 Å².